The highest BCUT2D eigenvalue weighted by Crippen LogP contribution is 2.29. The van der Waals surface area contributed by atoms with Crippen molar-refractivity contribution >= 4 is 35.2 Å². The molecular formula is C20H16ClNO6. The van der Waals surface area contributed by atoms with E-state index in [9.17, 15) is 14.4 Å². The fraction of sp³-hybridized carbons (Fsp3) is 0.150. The lowest BCUT2D eigenvalue weighted by Gasteiger charge is -2.17. The molecule has 0 saturated heterocycles. The average Bonchev–Trinajstić information content (AvgIpc) is 2.95. The second kappa shape index (κ2) is 8.14. The molecule has 0 aromatic heterocycles. The van der Waals surface area contributed by atoms with Crippen LogP contribution in [-0.2, 0) is 19.0 Å². The summed E-state index contributed by atoms with van der Waals surface area (Å²) in [6.07, 6.45) is -1.31. The predicted octanol–water partition coefficient (Wildman–Crippen LogP) is 3.38. The Morgan fingerprint density at radius 2 is 1.75 bits per heavy atom. The normalized spacial score (nSPS) is 15.8. The van der Waals surface area contributed by atoms with Gasteiger partial charge < -0.3 is 19.5 Å². The molecule has 0 amide bonds. The third-order valence-corrected chi connectivity index (χ3v) is 4.39. The Bertz CT molecular complexity index is 967. The van der Waals surface area contributed by atoms with Crippen molar-refractivity contribution < 1.29 is 28.6 Å². The lowest BCUT2D eigenvalue weighted by molar-refractivity contribution is -0.152. The van der Waals surface area contributed by atoms with E-state index in [1.54, 1.807) is 43.3 Å². The summed E-state index contributed by atoms with van der Waals surface area (Å²) in [4.78, 5) is 35.8. The summed E-state index contributed by atoms with van der Waals surface area (Å²) >= 11 is 6.02. The van der Waals surface area contributed by atoms with E-state index >= 15 is 0 Å². The van der Waals surface area contributed by atoms with Gasteiger partial charge in [0.1, 0.15) is 5.70 Å². The number of cyclic esters (lactones) is 1. The summed E-state index contributed by atoms with van der Waals surface area (Å²) in [5, 5.41) is 2.68. The Balaban J connectivity index is 1.78. The third kappa shape index (κ3) is 3.99. The highest BCUT2D eigenvalue weighted by molar-refractivity contribution is 6.42. The van der Waals surface area contributed by atoms with Gasteiger partial charge in [-0.15, -0.1) is 0 Å². The first-order valence-corrected chi connectivity index (χ1v) is 8.61. The van der Waals surface area contributed by atoms with E-state index in [-0.39, 0.29) is 10.7 Å². The highest BCUT2D eigenvalue weighted by atomic mass is 35.5. The number of rotatable bonds is 5. The molecule has 0 spiro atoms. The van der Waals surface area contributed by atoms with Crippen molar-refractivity contribution in [2.45, 2.75) is 13.2 Å². The Morgan fingerprint density at radius 3 is 2.39 bits per heavy atom. The number of aryl methyl sites for hydroxylation is 1. The monoisotopic (exact) mass is 401 g/mol. The van der Waals surface area contributed by atoms with Crippen molar-refractivity contribution in [3.05, 3.63) is 76.0 Å². The van der Waals surface area contributed by atoms with Crippen LogP contribution in [0.5, 0.6) is 0 Å². The number of esters is 3. The van der Waals surface area contributed by atoms with Crippen LogP contribution in [0.4, 0.5) is 5.69 Å². The molecule has 1 heterocycles. The Morgan fingerprint density at radius 1 is 1.07 bits per heavy atom. The van der Waals surface area contributed by atoms with Crippen molar-refractivity contribution in [3.8, 4) is 0 Å². The standard InChI is InChI=1S/C20H16ClNO6/c1-11-5-3-4-6-14(11)18(24)27-20-16(15(21)19(25)28-20)22-13-9-7-12(8-10-13)17(23)26-2/h3-10,20,22H,1-2H3/t20-/m0/s1. The number of benzene rings is 2. The fourth-order valence-corrected chi connectivity index (χ4v) is 2.72. The van der Waals surface area contributed by atoms with Gasteiger partial charge in [0.15, 0.2) is 5.03 Å². The first-order valence-electron chi connectivity index (χ1n) is 8.23. The van der Waals surface area contributed by atoms with Crippen LogP contribution >= 0.6 is 11.6 Å². The molecule has 1 aliphatic rings. The van der Waals surface area contributed by atoms with Crippen LogP contribution < -0.4 is 5.32 Å². The zero-order valence-corrected chi connectivity index (χ0v) is 15.8. The van der Waals surface area contributed by atoms with Gasteiger partial charge in [-0.1, -0.05) is 29.8 Å². The first-order chi connectivity index (χ1) is 13.4. The zero-order valence-electron chi connectivity index (χ0n) is 15.0. The molecule has 144 valence electrons. The number of ether oxygens (including phenoxy) is 3. The Kier molecular flexibility index (Phi) is 5.65. The van der Waals surface area contributed by atoms with E-state index in [0.717, 1.165) is 5.56 Å². The maximum Gasteiger partial charge on any atom is 0.355 e. The first kappa shape index (κ1) is 19.4. The molecule has 0 unspecified atom stereocenters. The average molecular weight is 402 g/mol. The van der Waals surface area contributed by atoms with Crippen LogP contribution in [-0.4, -0.2) is 31.3 Å². The summed E-state index contributed by atoms with van der Waals surface area (Å²) in [7, 11) is 1.29. The van der Waals surface area contributed by atoms with Gasteiger partial charge in [0.25, 0.3) is 6.29 Å². The van der Waals surface area contributed by atoms with Crippen LogP contribution in [0.1, 0.15) is 26.3 Å². The van der Waals surface area contributed by atoms with Gasteiger partial charge in [0.05, 0.1) is 18.2 Å². The number of hydrogen-bond donors (Lipinski definition) is 1. The van der Waals surface area contributed by atoms with Crippen LogP contribution in [0.25, 0.3) is 0 Å². The van der Waals surface area contributed by atoms with Crippen LogP contribution in [0.15, 0.2) is 59.3 Å². The summed E-state index contributed by atoms with van der Waals surface area (Å²) in [5.41, 5.74) is 2.04. The molecule has 3 rings (SSSR count). The van der Waals surface area contributed by atoms with Crippen LogP contribution in [0.3, 0.4) is 0 Å². The van der Waals surface area contributed by atoms with Gasteiger partial charge in [-0.25, -0.2) is 14.4 Å². The molecule has 2 aromatic rings. The van der Waals surface area contributed by atoms with E-state index in [1.165, 1.54) is 19.2 Å². The molecule has 7 nitrogen and oxygen atoms in total. The SMILES string of the molecule is COC(=O)c1ccc(NC2=C(Cl)C(=O)O[C@@H]2OC(=O)c2ccccc2C)cc1. The summed E-state index contributed by atoms with van der Waals surface area (Å²) < 4.78 is 15.0. The van der Waals surface area contributed by atoms with Gasteiger partial charge >= 0.3 is 17.9 Å². The summed E-state index contributed by atoms with van der Waals surface area (Å²) in [5.74, 6) is -1.94. The molecule has 0 radical (unpaired) electrons. The zero-order chi connectivity index (χ0) is 20.3. The summed E-state index contributed by atoms with van der Waals surface area (Å²) in [6, 6.07) is 13.1. The number of halogens is 1. The van der Waals surface area contributed by atoms with E-state index in [1.807, 2.05) is 0 Å². The third-order valence-electron chi connectivity index (χ3n) is 4.03. The molecule has 1 aliphatic heterocycles. The second-order valence-electron chi connectivity index (χ2n) is 5.88. The Labute approximate surface area is 165 Å². The van der Waals surface area contributed by atoms with E-state index in [4.69, 9.17) is 21.1 Å². The molecule has 1 N–H and O–H groups in total. The summed E-state index contributed by atoms with van der Waals surface area (Å²) in [6.45, 7) is 1.77. The number of carbonyl (C=O) groups is 3. The molecule has 1 atom stereocenters. The van der Waals surface area contributed by atoms with Crippen LogP contribution in [0.2, 0.25) is 0 Å². The topological polar surface area (TPSA) is 90.9 Å². The van der Waals surface area contributed by atoms with Gasteiger partial charge in [-0.3, -0.25) is 0 Å². The van der Waals surface area contributed by atoms with Crippen molar-refractivity contribution in [3.63, 3.8) is 0 Å². The lowest BCUT2D eigenvalue weighted by Crippen LogP contribution is -2.24. The molecule has 0 bridgehead atoms. The minimum Gasteiger partial charge on any atom is -0.465 e. The molecule has 8 heteroatoms. The molecule has 0 fully saturated rings. The second-order valence-corrected chi connectivity index (χ2v) is 6.26. The van der Waals surface area contributed by atoms with Crippen molar-refractivity contribution in [2.24, 2.45) is 0 Å². The lowest BCUT2D eigenvalue weighted by atomic mass is 10.1. The molecule has 2 aromatic carbocycles. The number of carbonyl (C=O) groups excluding carboxylic acids is 3. The Hall–Kier alpha value is -3.32. The van der Waals surface area contributed by atoms with Gasteiger partial charge in [0, 0.05) is 5.69 Å². The van der Waals surface area contributed by atoms with Gasteiger partial charge in [-0.2, -0.15) is 0 Å². The largest absolute Gasteiger partial charge is 0.465 e. The number of anilines is 1. The van der Waals surface area contributed by atoms with Crippen LogP contribution in [0, 0.1) is 6.92 Å². The van der Waals surface area contributed by atoms with Crippen molar-refractivity contribution in [1.82, 2.24) is 0 Å². The smallest absolute Gasteiger partial charge is 0.355 e. The number of nitrogens with one attached hydrogen (secondary N) is 1. The van der Waals surface area contributed by atoms with E-state index in [0.29, 0.717) is 16.8 Å². The van der Waals surface area contributed by atoms with E-state index < -0.39 is 24.2 Å². The molecule has 0 aliphatic carbocycles. The maximum absolute atomic E-state index is 12.4. The maximum atomic E-state index is 12.4. The van der Waals surface area contributed by atoms with E-state index in [2.05, 4.69) is 10.1 Å². The quantitative estimate of drug-likeness (QED) is 0.768. The fourth-order valence-electron chi connectivity index (χ4n) is 2.54. The van der Waals surface area contributed by atoms with Crippen molar-refractivity contribution in [1.29, 1.82) is 0 Å². The molecule has 0 saturated carbocycles. The number of hydrogen-bond acceptors (Lipinski definition) is 7. The predicted molar refractivity (Wildman–Crippen MR) is 101 cm³/mol. The van der Waals surface area contributed by atoms with Gasteiger partial charge in [-0.05, 0) is 42.8 Å². The molecular weight excluding hydrogens is 386 g/mol. The highest BCUT2D eigenvalue weighted by Gasteiger charge is 2.36. The number of methoxy groups -OCH3 is 1. The minimum absolute atomic E-state index is 0.0967. The van der Waals surface area contributed by atoms with Gasteiger partial charge in [0.2, 0.25) is 0 Å². The van der Waals surface area contributed by atoms with Crippen molar-refractivity contribution in [2.75, 3.05) is 12.4 Å². The molecule has 28 heavy (non-hydrogen) atoms. The minimum atomic E-state index is -1.31.